The second kappa shape index (κ2) is 9.26. The summed E-state index contributed by atoms with van der Waals surface area (Å²) in [6.07, 6.45) is 5.38. The van der Waals surface area contributed by atoms with Gasteiger partial charge in [0.2, 0.25) is 0 Å². The number of fused-ring (bicyclic) bond motifs is 2. The molecular weight excluding hydrogens is 404 g/mol. The molecule has 2 unspecified atom stereocenters. The maximum absolute atomic E-state index is 11.6. The zero-order valence-corrected chi connectivity index (χ0v) is 16.2. The number of nitro benzene ring substituents is 3. The summed E-state index contributed by atoms with van der Waals surface area (Å²) in [5.74, 6) is -1.33. The Balaban J connectivity index is 0.000000215. The fraction of sp³-hybridized carbons (Fsp3) is 0.471. The van der Waals surface area contributed by atoms with Gasteiger partial charge in [-0.25, -0.2) is 4.79 Å². The Hall–Kier alpha value is -3.61. The van der Waals surface area contributed by atoms with Gasteiger partial charge in [-0.3, -0.25) is 35.2 Å². The molecule has 13 nitrogen and oxygen atoms in total. The first-order valence-electron chi connectivity index (χ1n) is 8.97. The highest BCUT2D eigenvalue weighted by Gasteiger charge is 2.38. The van der Waals surface area contributed by atoms with Crippen molar-refractivity contribution >= 4 is 23.0 Å². The van der Waals surface area contributed by atoms with Crippen molar-refractivity contribution in [3.8, 4) is 5.75 Å². The second-order valence-corrected chi connectivity index (χ2v) is 6.63. The number of phenols is 1. The number of nitro groups is 3. The van der Waals surface area contributed by atoms with Crippen LogP contribution in [0.15, 0.2) is 23.8 Å². The van der Waals surface area contributed by atoms with E-state index in [1.807, 2.05) is 6.92 Å². The van der Waals surface area contributed by atoms with Crippen molar-refractivity contribution in [2.75, 3.05) is 13.7 Å². The van der Waals surface area contributed by atoms with Gasteiger partial charge < -0.3 is 9.84 Å². The zero-order valence-electron chi connectivity index (χ0n) is 16.2. The molecule has 0 amide bonds. The van der Waals surface area contributed by atoms with Gasteiger partial charge in [0.1, 0.15) is 0 Å². The molecule has 2 aliphatic rings. The number of nitrogens with zero attached hydrogens (tertiary/aromatic N) is 4. The van der Waals surface area contributed by atoms with Gasteiger partial charge in [-0.1, -0.05) is 6.08 Å². The Labute approximate surface area is 170 Å². The van der Waals surface area contributed by atoms with Gasteiger partial charge in [-0.2, -0.15) is 0 Å². The van der Waals surface area contributed by atoms with E-state index in [2.05, 4.69) is 18.0 Å². The molecular formula is C17H20N4O9. The highest BCUT2D eigenvalue weighted by Crippen LogP contribution is 2.39. The number of benzene rings is 1. The van der Waals surface area contributed by atoms with Gasteiger partial charge in [0, 0.05) is 12.1 Å². The standard InChI is InChI=1S/C11H17NO2.C6H3N3O7/c1-3-14-11(13)9-6-4-8-5-7-10(9)12(8)2;10-6-4(8(13)14)1-3(7(11)12)2-5(6)9(15)16/h6,8,10H,3-5,7H2,1-2H3;1-2,10H. The third-order valence-electron chi connectivity index (χ3n) is 4.98. The highest BCUT2D eigenvalue weighted by atomic mass is 16.6. The van der Waals surface area contributed by atoms with Crippen molar-refractivity contribution in [1.29, 1.82) is 0 Å². The summed E-state index contributed by atoms with van der Waals surface area (Å²) in [4.78, 5) is 41.7. The number of ether oxygens (including phenoxy) is 1. The highest BCUT2D eigenvalue weighted by molar-refractivity contribution is 5.90. The van der Waals surface area contributed by atoms with Crippen molar-refractivity contribution in [3.05, 3.63) is 54.1 Å². The topological polar surface area (TPSA) is 179 Å². The van der Waals surface area contributed by atoms with Crippen LogP contribution in [-0.4, -0.2) is 56.5 Å². The number of hydrogen-bond acceptors (Lipinski definition) is 10. The third-order valence-corrected chi connectivity index (χ3v) is 4.98. The monoisotopic (exact) mass is 424 g/mol. The lowest BCUT2D eigenvalue weighted by Crippen LogP contribution is -2.38. The van der Waals surface area contributed by atoms with E-state index < -0.39 is 37.6 Å². The maximum atomic E-state index is 11.6. The van der Waals surface area contributed by atoms with Gasteiger partial charge in [-0.05, 0) is 33.2 Å². The Kier molecular flexibility index (Phi) is 7.00. The van der Waals surface area contributed by atoms with Crippen LogP contribution in [0.5, 0.6) is 5.75 Å². The van der Waals surface area contributed by atoms with Crippen molar-refractivity contribution in [3.63, 3.8) is 0 Å². The largest absolute Gasteiger partial charge is 0.497 e. The van der Waals surface area contributed by atoms with Gasteiger partial charge in [0.15, 0.2) is 0 Å². The first-order chi connectivity index (χ1) is 14.1. The van der Waals surface area contributed by atoms with Crippen LogP contribution in [0.1, 0.15) is 26.2 Å². The van der Waals surface area contributed by atoms with E-state index in [9.17, 15) is 35.1 Å². The molecule has 1 N–H and O–H groups in total. The molecule has 2 atom stereocenters. The number of hydrogen-bond donors (Lipinski definition) is 1. The van der Waals surface area contributed by atoms with Crippen LogP contribution in [-0.2, 0) is 9.53 Å². The average Bonchev–Trinajstić information content (AvgIpc) is 2.90. The number of likely N-dealkylation sites (N-methyl/N-ethyl adjacent to an activating group) is 1. The Morgan fingerprint density at radius 2 is 1.70 bits per heavy atom. The minimum absolute atomic E-state index is 0.121. The molecule has 2 heterocycles. The van der Waals surface area contributed by atoms with E-state index in [1.54, 1.807) is 0 Å². The molecule has 13 heteroatoms. The van der Waals surface area contributed by atoms with Crippen LogP contribution in [0.2, 0.25) is 0 Å². The summed E-state index contributed by atoms with van der Waals surface area (Å²) in [6.45, 7) is 2.32. The lowest BCUT2D eigenvalue weighted by Gasteiger charge is -2.30. The Morgan fingerprint density at radius 1 is 1.13 bits per heavy atom. The van der Waals surface area contributed by atoms with E-state index in [0.717, 1.165) is 18.4 Å². The smallest absolute Gasteiger partial charge is 0.335 e. The molecule has 162 valence electrons. The van der Waals surface area contributed by atoms with Crippen LogP contribution in [0.3, 0.4) is 0 Å². The summed E-state index contributed by atoms with van der Waals surface area (Å²) in [5.41, 5.74) is -2.12. The van der Waals surface area contributed by atoms with Gasteiger partial charge in [0.25, 0.3) is 11.4 Å². The van der Waals surface area contributed by atoms with Gasteiger partial charge >= 0.3 is 17.3 Å². The molecule has 1 aromatic rings. The fourth-order valence-electron chi connectivity index (χ4n) is 3.48. The number of carbonyl (C=O) groups is 1. The van der Waals surface area contributed by atoms with E-state index in [0.29, 0.717) is 30.8 Å². The minimum Gasteiger partial charge on any atom is -0.497 e. The summed E-state index contributed by atoms with van der Waals surface area (Å²) in [7, 11) is 2.11. The van der Waals surface area contributed by atoms with Crippen molar-refractivity contribution in [2.24, 2.45) is 0 Å². The van der Waals surface area contributed by atoms with Crippen molar-refractivity contribution < 1.29 is 29.4 Å². The first kappa shape index (κ1) is 22.7. The summed E-state index contributed by atoms with van der Waals surface area (Å²) in [5, 5.41) is 40.2. The molecule has 2 aliphatic heterocycles. The van der Waals surface area contributed by atoms with Gasteiger partial charge in [-0.15, -0.1) is 0 Å². The molecule has 3 rings (SSSR count). The number of esters is 1. The van der Waals surface area contributed by atoms with Crippen molar-refractivity contribution in [2.45, 2.75) is 38.3 Å². The third kappa shape index (κ3) is 4.68. The number of non-ortho nitro benzene ring substituents is 1. The molecule has 0 saturated carbocycles. The molecule has 0 radical (unpaired) electrons. The summed E-state index contributed by atoms with van der Waals surface area (Å²) in [6, 6.07) is 1.86. The van der Waals surface area contributed by atoms with Gasteiger partial charge in [0.05, 0.1) is 39.1 Å². The van der Waals surface area contributed by atoms with Crippen LogP contribution in [0.25, 0.3) is 0 Å². The predicted octanol–water partition coefficient (Wildman–Crippen LogP) is 2.46. The fourth-order valence-corrected chi connectivity index (χ4v) is 3.48. The summed E-state index contributed by atoms with van der Waals surface area (Å²) >= 11 is 0. The second-order valence-electron chi connectivity index (χ2n) is 6.63. The molecule has 0 aliphatic carbocycles. The van der Waals surface area contributed by atoms with Crippen molar-refractivity contribution in [1.82, 2.24) is 4.90 Å². The quantitative estimate of drug-likeness (QED) is 0.419. The normalized spacial score (nSPS) is 19.9. The van der Waals surface area contributed by atoms with Crippen LogP contribution in [0.4, 0.5) is 17.1 Å². The average molecular weight is 424 g/mol. The molecule has 2 bridgehead atoms. The maximum Gasteiger partial charge on any atom is 0.335 e. The SMILES string of the molecule is CCOC(=O)C1=CCC2CCC1N2C.O=[N+]([O-])c1cc([N+](=O)[O-])c(O)c([N+](=O)[O-])c1. The van der Waals surface area contributed by atoms with E-state index in [1.165, 1.54) is 6.42 Å². The van der Waals surface area contributed by atoms with Crippen LogP contribution < -0.4 is 0 Å². The lowest BCUT2D eigenvalue weighted by atomic mass is 10.0. The molecule has 30 heavy (non-hydrogen) atoms. The number of phenolic OH excluding ortho intramolecular Hbond substituents is 1. The van der Waals surface area contributed by atoms with E-state index in [-0.39, 0.29) is 5.97 Å². The molecule has 1 saturated heterocycles. The predicted molar refractivity (Wildman–Crippen MR) is 102 cm³/mol. The van der Waals surface area contributed by atoms with E-state index >= 15 is 0 Å². The zero-order chi connectivity index (χ0) is 22.6. The number of rotatable bonds is 5. The molecule has 1 fully saturated rings. The Bertz CT molecular complexity index is 879. The number of carbonyl (C=O) groups excluding carboxylic acids is 1. The molecule has 0 spiro atoms. The molecule has 0 aromatic heterocycles. The first-order valence-corrected chi connectivity index (χ1v) is 8.97. The molecule has 1 aromatic carbocycles. The summed E-state index contributed by atoms with van der Waals surface area (Å²) < 4.78 is 5.05. The number of aromatic hydroxyl groups is 1. The minimum atomic E-state index is -1.21. The van der Waals surface area contributed by atoms with Crippen LogP contribution >= 0.6 is 0 Å². The Morgan fingerprint density at radius 3 is 2.17 bits per heavy atom. The van der Waals surface area contributed by atoms with E-state index in [4.69, 9.17) is 9.84 Å². The van der Waals surface area contributed by atoms with Crippen LogP contribution in [0, 0.1) is 30.3 Å². The lowest BCUT2D eigenvalue weighted by molar-refractivity contribution is -0.404.